The average Bonchev–Trinajstić information content (AvgIpc) is 2.66. The lowest BCUT2D eigenvalue weighted by Crippen LogP contribution is -2.11. The van der Waals surface area contributed by atoms with E-state index >= 15 is 0 Å². The van der Waals surface area contributed by atoms with Gasteiger partial charge in [0, 0.05) is 0 Å². The van der Waals surface area contributed by atoms with E-state index in [0.29, 0.717) is 17.1 Å². The van der Waals surface area contributed by atoms with E-state index in [1.54, 1.807) is 83.1 Å². The van der Waals surface area contributed by atoms with Gasteiger partial charge in [-0.2, -0.15) is 4.57 Å². The number of allylic oxidation sites excluding steroid dienone is 1. The molecule has 170 valence electrons. The minimum atomic E-state index is -4.09. The second kappa shape index (κ2) is 11.5. The summed E-state index contributed by atoms with van der Waals surface area (Å²) < 4.78 is 54.1. The number of rotatable bonds is 12. The Morgan fingerprint density at radius 1 is 0.806 bits per heavy atom. The maximum absolute atomic E-state index is 13.3. The standard InChI is InChI=1S/C22H30O7P2/c1-18(2)26-30(23,27-19(3)4)17-20(5)16-25-31(24,28-21-12-8-6-9-13-21)29-22-14-10-7-11-15-22/h6-16,18-19H,17H2,1-5H3/b20-16+. The van der Waals surface area contributed by atoms with E-state index in [9.17, 15) is 9.13 Å². The number of phosphoric ester groups is 1. The third-order valence-corrected chi connectivity index (χ3v) is 7.09. The Kier molecular flexibility index (Phi) is 9.39. The van der Waals surface area contributed by atoms with Crippen LogP contribution in [0.15, 0.2) is 72.5 Å². The summed E-state index contributed by atoms with van der Waals surface area (Å²) in [6.07, 6.45) is 0.617. The Labute approximate surface area is 184 Å². The van der Waals surface area contributed by atoms with Crippen molar-refractivity contribution in [3.63, 3.8) is 0 Å². The van der Waals surface area contributed by atoms with Gasteiger partial charge in [-0.15, -0.1) is 0 Å². The van der Waals surface area contributed by atoms with Crippen molar-refractivity contribution in [1.82, 2.24) is 0 Å². The van der Waals surface area contributed by atoms with Crippen LogP contribution < -0.4 is 9.05 Å². The zero-order valence-corrected chi connectivity index (χ0v) is 20.3. The van der Waals surface area contributed by atoms with Crippen molar-refractivity contribution in [2.24, 2.45) is 0 Å². The zero-order valence-electron chi connectivity index (χ0n) is 18.5. The molecule has 9 heteroatoms. The first-order chi connectivity index (χ1) is 14.6. The fraction of sp³-hybridized carbons (Fsp3) is 0.364. The maximum atomic E-state index is 13.3. The second-order valence-corrected chi connectivity index (χ2v) is 10.8. The number of hydrogen-bond donors (Lipinski definition) is 0. The molecule has 0 aromatic heterocycles. The third kappa shape index (κ3) is 9.32. The Balaban J connectivity index is 2.21. The first-order valence-corrected chi connectivity index (χ1v) is 13.2. The van der Waals surface area contributed by atoms with Gasteiger partial charge in [0.2, 0.25) is 0 Å². The molecule has 0 spiro atoms. The van der Waals surface area contributed by atoms with Gasteiger partial charge < -0.3 is 22.6 Å². The molecule has 0 fully saturated rings. The fourth-order valence-electron chi connectivity index (χ4n) is 2.52. The van der Waals surface area contributed by atoms with Crippen LogP contribution in [0.2, 0.25) is 0 Å². The molecule has 0 aliphatic heterocycles. The van der Waals surface area contributed by atoms with Gasteiger partial charge in [0.15, 0.2) is 0 Å². The van der Waals surface area contributed by atoms with Crippen molar-refractivity contribution in [3.8, 4) is 11.5 Å². The van der Waals surface area contributed by atoms with E-state index in [0.717, 1.165) is 0 Å². The highest BCUT2D eigenvalue weighted by Crippen LogP contribution is 2.53. The van der Waals surface area contributed by atoms with E-state index in [1.165, 1.54) is 6.26 Å². The smallest absolute Gasteiger partial charge is 0.394 e. The van der Waals surface area contributed by atoms with Crippen LogP contribution in [-0.2, 0) is 22.7 Å². The Bertz CT molecular complexity index is 868. The lowest BCUT2D eigenvalue weighted by atomic mass is 10.3. The molecule has 0 unspecified atom stereocenters. The fourth-order valence-corrected chi connectivity index (χ4v) is 5.88. The molecule has 0 bridgehead atoms. The van der Waals surface area contributed by atoms with E-state index < -0.39 is 15.4 Å². The summed E-state index contributed by atoms with van der Waals surface area (Å²) in [6, 6.07) is 17.1. The van der Waals surface area contributed by atoms with Gasteiger partial charge in [0.25, 0.3) is 0 Å². The van der Waals surface area contributed by atoms with Gasteiger partial charge in [-0.3, -0.25) is 4.57 Å². The molecular formula is C22H30O7P2. The highest BCUT2D eigenvalue weighted by molar-refractivity contribution is 7.54. The number of para-hydroxylation sites is 2. The predicted octanol–water partition coefficient (Wildman–Crippen LogP) is 7.22. The molecule has 0 amide bonds. The normalized spacial score (nSPS) is 12.8. The molecule has 0 aliphatic rings. The maximum Gasteiger partial charge on any atom is 0.646 e. The SMILES string of the molecule is C/C(=C\OP(=O)(Oc1ccccc1)Oc1ccccc1)CP(=O)(OC(C)C)OC(C)C. The number of phosphoric acid groups is 1. The Morgan fingerprint density at radius 3 is 1.61 bits per heavy atom. The summed E-state index contributed by atoms with van der Waals surface area (Å²) in [5.41, 5.74) is 0.498. The van der Waals surface area contributed by atoms with Crippen LogP contribution in [0.5, 0.6) is 11.5 Å². The molecule has 0 saturated heterocycles. The molecule has 0 N–H and O–H groups in total. The van der Waals surface area contributed by atoms with Crippen molar-refractivity contribution in [1.29, 1.82) is 0 Å². The summed E-state index contributed by atoms with van der Waals surface area (Å²) in [5.74, 6) is 0.648. The summed E-state index contributed by atoms with van der Waals surface area (Å²) in [6.45, 7) is 8.79. The molecule has 2 aromatic carbocycles. The van der Waals surface area contributed by atoms with Crippen molar-refractivity contribution in [3.05, 3.63) is 72.5 Å². The topological polar surface area (TPSA) is 80.3 Å². The van der Waals surface area contributed by atoms with Crippen LogP contribution in [0.25, 0.3) is 0 Å². The summed E-state index contributed by atoms with van der Waals surface area (Å²) in [5, 5.41) is 0. The lowest BCUT2D eigenvalue weighted by molar-refractivity contribution is 0.143. The van der Waals surface area contributed by atoms with Gasteiger partial charge in [-0.05, 0) is 64.5 Å². The van der Waals surface area contributed by atoms with Crippen LogP contribution in [0, 0.1) is 0 Å². The molecule has 2 rings (SSSR count). The van der Waals surface area contributed by atoms with Crippen LogP contribution in [0.1, 0.15) is 34.6 Å². The quantitative estimate of drug-likeness (QED) is 0.240. The lowest BCUT2D eigenvalue weighted by Gasteiger charge is -2.23. The van der Waals surface area contributed by atoms with Crippen molar-refractivity contribution >= 4 is 15.4 Å². The Hall–Kier alpha value is -2.04. The van der Waals surface area contributed by atoms with Gasteiger partial charge in [0.1, 0.15) is 11.5 Å². The summed E-state index contributed by atoms with van der Waals surface area (Å²) in [4.78, 5) is 0. The van der Waals surface area contributed by atoms with Gasteiger partial charge in [0.05, 0.1) is 24.6 Å². The van der Waals surface area contributed by atoms with E-state index in [4.69, 9.17) is 22.6 Å². The van der Waals surface area contributed by atoms with E-state index in [1.807, 2.05) is 12.1 Å². The second-order valence-electron chi connectivity index (χ2n) is 7.40. The zero-order chi connectivity index (χ0) is 22.9. The van der Waals surface area contributed by atoms with Crippen LogP contribution in [-0.4, -0.2) is 18.4 Å². The molecule has 31 heavy (non-hydrogen) atoms. The molecular weight excluding hydrogens is 438 g/mol. The average molecular weight is 468 g/mol. The monoisotopic (exact) mass is 468 g/mol. The van der Waals surface area contributed by atoms with Crippen molar-refractivity contribution < 1.29 is 31.7 Å². The predicted molar refractivity (Wildman–Crippen MR) is 122 cm³/mol. The number of hydrogen-bond acceptors (Lipinski definition) is 7. The molecule has 0 saturated carbocycles. The third-order valence-electron chi connectivity index (χ3n) is 3.49. The molecule has 7 nitrogen and oxygen atoms in total. The van der Waals surface area contributed by atoms with Gasteiger partial charge in [-0.25, -0.2) is 0 Å². The minimum absolute atomic E-state index is 0.0277. The highest BCUT2D eigenvalue weighted by Gasteiger charge is 2.33. The van der Waals surface area contributed by atoms with Gasteiger partial charge >= 0.3 is 15.4 Å². The van der Waals surface area contributed by atoms with Crippen LogP contribution in [0.3, 0.4) is 0 Å². The van der Waals surface area contributed by atoms with Crippen molar-refractivity contribution in [2.75, 3.05) is 6.16 Å². The highest BCUT2D eigenvalue weighted by atomic mass is 31.2. The van der Waals surface area contributed by atoms with Gasteiger partial charge in [-0.1, -0.05) is 36.4 Å². The van der Waals surface area contributed by atoms with E-state index in [2.05, 4.69) is 0 Å². The molecule has 0 aliphatic carbocycles. The first-order valence-electron chi connectivity index (χ1n) is 9.98. The van der Waals surface area contributed by atoms with E-state index in [-0.39, 0.29) is 18.4 Å². The minimum Gasteiger partial charge on any atom is -0.394 e. The van der Waals surface area contributed by atoms with Crippen molar-refractivity contribution in [2.45, 2.75) is 46.8 Å². The molecule has 0 heterocycles. The summed E-state index contributed by atoms with van der Waals surface area (Å²) in [7, 11) is -7.51. The first kappa shape index (κ1) is 25.2. The van der Waals surface area contributed by atoms with Crippen LogP contribution in [0.4, 0.5) is 0 Å². The molecule has 0 radical (unpaired) electrons. The summed E-state index contributed by atoms with van der Waals surface area (Å²) >= 11 is 0. The van der Waals surface area contributed by atoms with Crippen LogP contribution >= 0.6 is 15.4 Å². The Morgan fingerprint density at radius 2 is 1.23 bits per heavy atom. The number of benzene rings is 2. The molecule has 2 aromatic rings. The largest absolute Gasteiger partial charge is 0.646 e. The molecule has 0 atom stereocenters.